The van der Waals surface area contributed by atoms with E-state index < -0.39 is 0 Å². The summed E-state index contributed by atoms with van der Waals surface area (Å²) in [4.78, 5) is 16.7. The summed E-state index contributed by atoms with van der Waals surface area (Å²) in [5.74, 6) is 0.133. The first-order valence-corrected chi connectivity index (χ1v) is 7.92. The predicted octanol–water partition coefficient (Wildman–Crippen LogP) is 2.36. The number of nitrogens with one attached hydrogen (secondary N) is 1. The first kappa shape index (κ1) is 15.8. The van der Waals surface area contributed by atoms with Gasteiger partial charge < -0.3 is 15.1 Å². The minimum absolute atomic E-state index is 0.133. The highest BCUT2D eigenvalue weighted by Crippen LogP contribution is 2.16. The first-order valence-electron chi connectivity index (χ1n) is 7.92. The normalized spacial score (nSPS) is 18.3. The van der Waals surface area contributed by atoms with E-state index in [2.05, 4.69) is 12.2 Å². The number of carbonyl (C=O) groups is 1. The van der Waals surface area contributed by atoms with Gasteiger partial charge in [0.2, 0.25) is 0 Å². The van der Waals surface area contributed by atoms with Crippen molar-refractivity contribution in [1.82, 2.24) is 10.2 Å². The lowest BCUT2D eigenvalue weighted by molar-refractivity contribution is 0.0741. The Bertz CT molecular complexity index is 467. The molecule has 1 unspecified atom stereocenters. The molecular formula is C17H27N3O. The molecule has 0 radical (unpaired) electrons. The van der Waals surface area contributed by atoms with E-state index in [1.54, 1.807) is 0 Å². The van der Waals surface area contributed by atoms with Crippen molar-refractivity contribution in [2.24, 2.45) is 0 Å². The lowest BCUT2D eigenvalue weighted by Crippen LogP contribution is -2.45. The fourth-order valence-corrected chi connectivity index (χ4v) is 2.80. The molecule has 0 bridgehead atoms. The molecule has 1 saturated heterocycles. The van der Waals surface area contributed by atoms with Gasteiger partial charge in [0.1, 0.15) is 0 Å². The SMILES string of the molecule is CCN(CC1CCCCN1)C(=O)c1cccc(N(C)C)c1. The second kappa shape index (κ2) is 7.46. The van der Waals surface area contributed by atoms with Gasteiger partial charge in [-0.2, -0.15) is 0 Å². The van der Waals surface area contributed by atoms with Gasteiger partial charge in [-0.15, -0.1) is 0 Å². The third-order valence-corrected chi connectivity index (χ3v) is 4.13. The van der Waals surface area contributed by atoms with Gasteiger partial charge in [0, 0.05) is 44.5 Å². The molecule has 1 aromatic rings. The Kier molecular flexibility index (Phi) is 5.62. The molecule has 0 aliphatic carbocycles. The topological polar surface area (TPSA) is 35.6 Å². The molecule has 0 spiro atoms. The van der Waals surface area contributed by atoms with Gasteiger partial charge >= 0.3 is 0 Å². The number of benzene rings is 1. The number of likely N-dealkylation sites (N-methyl/N-ethyl adjacent to an activating group) is 1. The predicted molar refractivity (Wildman–Crippen MR) is 88.0 cm³/mol. The molecule has 21 heavy (non-hydrogen) atoms. The van der Waals surface area contributed by atoms with Gasteiger partial charge in [-0.3, -0.25) is 4.79 Å². The van der Waals surface area contributed by atoms with E-state index in [1.165, 1.54) is 19.3 Å². The van der Waals surface area contributed by atoms with E-state index in [0.717, 1.165) is 30.9 Å². The second-order valence-electron chi connectivity index (χ2n) is 5.94. The summed E-state index contributed by atoms with van der Waals surface area (Å²) in [6, 6.07) is 8.30. The number of rotatable bonds is 5. The molecule has 1 aliphatic rings. The summed E-state index contributed by atoms with van der Waals surface area (Å²) in [6.07, 6.45) is 3.68. The van der Waals surface area contributed by atoms with Gasteiger partial charge in [0.15, 0.2) is 0 Å². The largest absolute Gasteiger partial charge is 0.378 e. The van der Waals surface area contributed by atoms with Gasteiger partial charge in [-0.25, -0.2) is 0 Å². The van der Waals surface area contributed by atoms with Crippen LogP contribution in [0.2, 0.25) is 0 Å². The van der Waals surface area contributed by atoms with Crippen LogP contribution < -0.4 is 10.2 Å². The minimum atomic E-state index is 0.133. The van der Waals surface area contributed by atoms with Crippen molar-refractivity contribution in [3.05, 3.63) is 29.8 Å². The zero-order chi connectivity index (χ0) is 15.2. The molecule has 1 heterocycles. The number of hydrogen-bond acceptors (Lipinski definition) is 3. The Morgan fingerprint density at radius 2 is 2.14 bits per heavy atom. The third kappa shape index (κ3) is 4.21. The summed E-state index contributed by atoms with van der Waals surface area (Å²) in [6.45, 7) is 4.69. The van der Waals surface area contributed by atoms with E-state index in [-0.39, 0.29) is 5.91 Å². The Balaban J connectivity index is 2.06. The van der Waals surface area contributed by atoms with Crippen LogP contribution in [0, 0.1) is 0 Å². The Morgan fingerprint density at radius 1 is 1.33 bits per heavy atom. The first-order chi connectivity index (χ1) is 10.1. The zero-order valence-corrected chi connectivity index (χ0v) is 13.4. The molecule has 1 aromatic carbocycles. The lowest BCUT2D eigenvalue weighted by Gasteiger charge is -2.30. The summed E-state index contributed by atoms with van der Waals surface area (Å²) in [5, 5.41) is 3.52. The van der Waals surface area contributed by atoms with Gasteiger partial charge in [0.25, 0.3) is 5.91 Å². The quantitative estimate of drug-likeness (QED) is 0.904. The van der Waals surface area contributed by atoms with Crippen molar-refractivity contribution < 1.29 is 4.79 Å². The Morgan fingerprint density at radius 3 is 2.76 bits per heavy atom. The number of piperidine rings is 1. The summed E-state index contributed by atoms with van der Waals surface area (Å²) < 4.78 is 0. The third-order valence-electron chi connectivity index (χ3n) is 4.13. The van der Waals surface area contributed by atoms with Crippen molar-refractivity contribution in [1.29, 1.82) is 0 Å². The van der Waals surface area contributed by atoms with Crippen LogP contribution in [0.3, 0.4) is 0 Å². The number of anilines is 1. The zero-order valence-electron chi connectivity index (χ0n) is 13.4. The molecule has 1 amide bonds. The van der Waals surface area contributed by atoms with Gasteiger partial charge in [-0.05, 0) is 44.5 Å². The van der Waals surface area contributed by atoms with E-state index >= 15 is 0 Å². The maximum Gasteiger partial charge on any atom is 0.253 e. The van der Waals surface area contributed by atoms with E-state index in [1.807, 2.05) is 48.2 Å². The number of nitrogens with zero attached hydrogens (tertiary/aromatic N) is 2. The molecule has 4 heteroatoms. The van der Waals surface area contributed by atoms with Crippen molar-refractivity contribution in [3.8, 4) is 0 Å². The van der Waals surface area contributed by atoms with Crippen molar-refractivity contribution in [2.45, 2.75) is 32.2 Å². The molecule has 1 fully saturated rings. The van der Waals surface area contributed by atoms with Gasteiger partial charge in [0.05, 0.1) is 0 Å². The van der Waals surface area contributed by atoms with Crippen LogP contribution >= 0.6 is 0 Å². The average molecular weight is 289 g/mol. The van der Waals surface area contributed by atoms with Crippen LogP contribution in [-0.4, -0.2) is 50.6 Å². The maximum absolute atomic E-state index is 12.7. The van der Waals surface area contributed by atoms with Crippen molar-refractivity contribution >= 4 is 11.6 Å². The highest BCUT2D eigenvalue weighted by Gasteiger charge is 2.20. The number of carbonyl (C=O) groups excluding carboxylic acids is 1. The molecular weight excluding hydrogens is 262 g/mol. The summed E-state index contributed by atoms with van der Waals surface area (Å²) in [7, 11) is 3.99. The van der Waals surface area contributed by atoms with E-state index in [4.69, 9.17) is 0 Å². The molecule has 116 valence electrons. The second-order valence-corrected chi connectivity index (χ2v) is 5.94. The van der Waals surface area contributed by atoms with E-state index in [9.17, 15) is 4.79 Å². The minimum Gasteiger partial charge on any atom is -0.378 e. The van der Waals surface area contributed by atoms with Crippen LogP contribution in [0.25, 0.3) is 0 Å². The summed E-state index contributed by atoms with van der Waals surface area (Å²) >= 11 is 0. The van der Waals surface area contributed by atoms with Crippen LogP contribution in [-0.2, 0) is 0 Å². The Hall–Kier alpha value is -1.55. The molecule has 4 nitrogen and oxygen atoms in total. The number of amides is 1. The lowest BCUT2D eigenvalue weighted by atomic mass is 10.0. The Labute approximate surface area is 128 Å². The van der Waals surface area contributed by atoms with Crippen LogP contribution in [0.1, 0.15) is 36.5 Å². The smallest absolute Gasteiger partial charge is 0.253 e. The fourth-order valence-electron chi connectivity index (χ4n) is 2.80. The fraction of sp³-hybridized carbons (Fsp3) is 0.588. The van der Waals surface area contributed by atoms with E-state index in [0.29, 0.717) is 6.04 Å². The standard InChI is InChI=1S/C17H27N3O/c1-4-20(13-15-9-5-6-11-18-15)17(21)14-8-7-10-16(12-14)19(2)3/h7-8,10,12,15,18H,4-6,9,11,13H2,1-3H3. The van der Waals surface area contributed by atoms with Gasteiger partial charge in [-0.1, -0.05) is 12.5 Å². The van der Waals surface area contributed by atoms with Crippen molar-refractivity contribution in [2.75, 3.05) is 38.6 Å². The molecule has 2 rings (SSSR count). The molecule has 1 N–H and O–H groups in total. The monoisotopic (exact) mass is 289 g/mol. The van der Waals surface area contributed by atoms with Crippen LogP contribution in [0.5, 0.6) is 0 Å². The molecule has 1 atom stereocenters. The molecule has 1 aliphatic heterocycles. The van der Waals surface area contributed by atoms with Crippen LogP contribution in [0.15, 0.2) is 24.3 Å². The van der Waals surface area contributed by atoms with Crippen molar-refractivity contribution in [3.63, 3.8) is 0 Å². The summed E-state index contributed by atoms with van der Waals surface area (Å²) in [5.41, 5.74) is 1.84. The average Bonchev–Trinajstić information content (AvgIpc) is 2.53. The maximum atomic E-state index is 12.7. The van der Waals surface area contributed by atoms with Crippen LogP contribution in [0.4, 0.5) is 5.69 Å². The highest BCUT2D eigenvalue weighted by atomic mass is 16.2. The highest BCUT2D eigenvalue weighted by molar-refractivity contribution is 5.95. The molecule has 0 aromatic heterocycles. The number of hydrogen-bond donors (Lipinski definition) is 1. The molecule has 0 saturated carbocycles.